The Bertz CT molecular complexity index is 425. The number of nitrogens with zero attached hydrogens (tertiary/aromatic N) is 1. The Balaban J connectivity index is 1.87. The van der Waals surface area contributed by atoms with Crippen molar-refractivity contribution in [2.45, 2.75) is 13.0 Å². The number of benzene rings is 1. The molecule has 0 bridgehead atoms. The number of carbonyl (C=O) groups excluding carboxylic acids is 1. The van der Waals surface area contributed by atoms with Gasteiger partial charge >= 0.3 is 0 Å². The van der Waals surface area contributed by atoms with E-state index in [1.54, 1.807) is 0 Å². The minimum Gasteiger partial charge on any atom is -0.376 e. The summed E-state index contributed by atoms with van der Waals surface area (Å²) in [5.74, 6) is 0.0102. The molecule has 5 heteroatoms. The van der Waals surface area contributed by atoms with Gasteiger partial charge in [-0.2, -0.15) is 0 Å². The molecule has 18 heavy (non-hydrogen) atoms. The molecule has 1 aliphatic heterocycles. The topological polar surface area (TPSA) is 41.6 Å². The maximum absolute atomic E-state index is 11.9. The first-order valence-electron chi connectivity index (χ1n) is 6.03. The summed E-state index contributed by atoms with van der Waals surface area (Å²) in [5.41, 5.74) is 0.809. The fourth-order valence-electron chi connectivity index (χ4n) is 1.99. The van der Waals surface area contributed by atoms with Gasteiger partial charge in [0.1, 0.15) is 0 Å². The summed E-state index contributed by atoms with van der Waals surface area (Å²) in [7, 11) is 0. The summed E-state index contributed by atoms with van der Waals surface area (Å²) in [6.45, 7) is 4.76. The van der Waals surface area contributed by atoms with E-state index in [0.717, 1.165) is 23.2 Å². The first-order chi connectivity index (χ1) is 8.65. The lowest BCUT2D eigenvalue weighted by Gasteiger charge is -2.30. The number of amides is 1. The summed E-state index contributed by atoms with van der Waals surface area (Å²) in [6.07, 6.45) is 0.204. The fraction of sp³-hybridized carbons (Fsp3) is 0.462. The van der Waals surface area contributed by atoms with E-state index in [-0.39, 0.29) is 12.0 Å². The highest BCUT2D eigenvalue weighted by molar-refractivity contribution is 9.10. The van der Waals surface area contributed by atoms with Gasteiger partial charge in [0.2, 0.25) is 5.91 Å². The van der Waals surface area contributed by atoms with E-state index < -0.39 is 0 Å². The minimum absolute atomic E-state index is 0.0102. The van der Waals surface area contributed by atoms with E-state index in [1.807, 2.05) is 31.2 Å². The van der Waals surface area contributed by atoms with Gasteiger partial charge in [-0.25, -0.2) is 0 Å². The van der Waals surface area contributed by atoms with Gasteiger partial charge in [0.25, 0.3) is 0 Å². The first-order valence-corrected chi connectivity index (χ1v) is 6.83. The molecule has 1 fully saturated rings. The van der Waals surface area contributed by atoms with Crippen molar-refractivity contribution in [3.8, 4) is 0 Å². The maximum atomic E-state index is 11.9. The Morgan fingerprint density at radius 3 is 3.06 bits per heavy atom. The summed E-state index contributed by atoms with van der Waals surface area (Å²) in [6, 6.07) is 7.61. The number of ether oxygens (including phenoxy) is 1. The van der Waals surface area contributed by atoms with Crippen molar-refractivity contribution in [3.63, 3.8) is 0 Å². The van der Waals surface area contributed by atoms with Crippen LogP contribution in [0.3, 0.4) is 0 Å². The highest BCUT2D eigenvalue weighted by Crippen LogP contribution is 2.21. The van der Waals surface area contributed by atoms with Crippen molar-refractivity contribution < 1.29 is 9.53 Å². The van der Waals surface area contributed by atoms with Crippen LogP contribution in [0.2, 0.25) is 0 Å². The minimum atomic E-state index is 0.0102. The van der Waals surface area contributed by atoms with Crippen LogP contribution < -0.4 is 5.32 Å². The molecule has 0 unspecified atom stereocenters. The SMILES string of the molecule is C[C@H]1CN(CC(=O)Nc2ccccc2Br)CCO1. The summed E-state index contributed by atoms with van der Waals surface area (Å²) < 4.78 is 6.34. The molecular formula is C13H17BrN2O2. The molecule has 98 valence electrons. The first kappa shape index (κ1) is 13.5. The normalized spacial score (nSPS) is 20.7. The van der Waals surface area contributed by atoms with Crippen LogP contribution in [0.1, 0.15) is 6.92 Å². The predicted octanol–water partition coefficient (Wildman–Crippen LogP) is 2.11. The van der Waals surface area contributed by atoms with Gasteiger partial charge in [-0.05, 0) is 35.0 Å². The number of carbonyl (C=O) groups is 1. The lowest BCUT2D eigenvalue weighted by Crippen LogP contribution is -2.44. The van der Waals surface area contributed by atoms with Gasteiger partial charge in [-0.15, -0.1) is 0 Å². The molecule has 1 aromatic rings. The Kier molecular flexibility index (Phi) is 4.74. The second-order valence-corrected chi connectivity index (χ2v) is 5.30. The molecular weight excluding hydrogens is 296 g/mol. The highest BCUT2D eigenvalue weighted by Gasteiger charge is 2.19. The summed E-state index contributed by atoms with van der Waals surface area (Å²) in [4.78, 5) is 14.0. The molecule has 1 aliphatic rings. The zero-order chi connectivity index (χ0) is 13.0. The zero-order valence-corrected chi connectivity index (χ0v) is 11.9. The number of hydrogen-bond acceptors (Lipinski definition) is 3. The predicted molar refractivity (Wildman–Crippen MR) is 74.6 cm³/mol. The van der Waals surface area contributed by atoms with Crippen LogP contribution in [-0.4, -0.2) is 43.2 Å². The number of hydrogen-bond donors (Lipinski definition) is 1. The van der Waals surface area contributed by atoms with E-state index in [0.29, 0.717) is 13.2 Å². The van der Waals surface area contributed by atoms with Gasteiger partial charge in [-0.1, -0.05) is 12.1 Å². The summed E-state index contributed by atoms with van der Waals surface area (Å²) in [5, 5.41) is 2.90. The number of para-hydroxylation sites is 1. The lowest BCUT2D eigenvalue weighted by atomic mass is 10.3. The van der Waals surface area contributed by atoms with Gasteiger partial charge in [0.05, 0.1) is 24.9 Å². The Morgan fingerprint density at radius 1 is 1.56 bits per heavy atom. The number of anilines is 1. The van der Waals surface area contributed by atoms with E-state index in [9.17, 15) is 4.79 Å². The third-order valence-electron chi connectivity index (χ3n) is 2.84. The maximum Gasteiger partial charge on any atom is 0.238 e. The quantitative estimate of drug-likeness (QED) is 0.929. The molecule has 1 heterocycles. The van der Waals surface area contributed by atoms with Crippen molar-refractivity contribution >= 4 is 27.5 Å². The van der Waals surface area contributed by atoms with Crippen molar-refractivity contribution in [3.05, 3.63) is 28.7 Å². The van der Waals surface area contributed by atoms with Gasteiger partial charge in [0.15, 0.2) is 0 Å². The molecule has 1 saturated heterocycles. The van der Waals surface area contributed by atoms with Gasteiger partial charge in [0, 0.05) is 17.6 Å². The van der Waals surface area contributed by atoms with Crippen LogP contribution in [0.4, 0.5) is 5.69 Å². The Hall–Kier alpha value is -0.910. The smallest absolute Gasteiger partial charge is 0.238 e. The fourth-order valence-corrected chi connectivity index (χ4v) is 2.37. The van der Waals surface area contributed by atoms with E-state index in [1.165, 1.54) is 0 Å². The van der Waals surface area contributed by atoms with Crippen LogP contribution in [0.25, 0.3) is 0 Å². The Morgan fingerprint density at radius 2 is 2.33 bits per heavy atom. The van der Waals surface area contributed by atoms with Crippen LogP contribution in [-0.2, 0) is 9.53 Å². The lowest BCUT2D eigenvalue weighted by molar-refractivity contribution is -0.119. The molecule has 1 atom stereocenters. The summed E-state index contributed by atoms with van der Waals surface area (Å²) >= 11 is 3.41. The van der Waals surface area contributed by atoms with E-state index >= 15 is 0 Å². The average molecular weight is 313 g/mol. The number of halogens is 1. The van der Waals surface area contributed by atoms with Crippen molar-refractivity contribution in [2.75, 3.05) is 31.6 Å². The third-order valence-corrected chi connectivity index (χ3v) is 3.53. The molecule has 0 aliphatic carbocycles. The number of nitrogens with one attached hydrogen (secondary N) is 1. The average Bonchev–Trinajstić information content (AvgIpc) is 2.32. The van der Waals surface area contributed by atoms with Crippen LogP contribution in [0, 0.1) is 0 Å². The van der Waals surface area contributed by atoms with E-state index in [2.05, 4.69) is 26.1 Å². The van der Waals surface area contributed by atoms with Gasteiger partial charge in [-0.3, -0.25) is 9.69 Å². The molecule has 0 spiro atoms. The monoisotopic (exact) mass is 312 g/mol. The van der Waals surface area contributed by atoms with Crippen molar-refractivity contribution in [2.24, 2.45) is 0 Å². The Labute approximate surface area is 115 Å². The highest BCUT2D eigenvalue weighted by atomic mass is 79.9. The van der Waals surface area contributed by atoms with Crippen molar-refractivity contribution in [1.29, 1.82) is 0 Å². The van der Waals surface area contributed by atoms with Crippen LogP contribution in [0.15, 0.2) is 28.7 Å². The molecule has 1 aromatic carbocycles. The van der Waals surface area contributed by atoms with Crippen molar-refractivity contribution in [1.82, 2.24) is 4.90 Å². The van der Waals surface area contributed by atoms with Gasteiger partial charge < -0.3 is 10.1 Å². The molecule has 1 amide bonds. The second-order valence-electron chi connectivity index (χ2n) is 4.44. The molecule has 1 N–H and O–H groups in total. The standard InChI is InChI=1S/C13H17BrN2O2/c1-10-8-16(6-7-18-10)9-13(17)15-12-5-3-2-4-11(12)14/h2-5,10H,6-9H2,1H3,(H,15,17)/t10-/m0/s1. The molecule has 2 rings (SSSR count). The van der Waals surface area contributed by atoms with E-state index in [4.69, 9.17) is 4.74 Å². The molecule has 0 aromatic heterocycles. The second kappa shape index (κ2) is 6.31. The number of rotatable bonds is 3. The third kappa shape index (κ3) is 3.80. The zero-order valence-electron chi connectivity index (χ0n) is 10.4. The number of morpholine rings is 1. The van der Waals surface area contributed by atoms with Crippen LogP contribution in [0.5, 0.6) is 0 Å². The molecule has 4 nitrogen and oxygen atoms in total. The molecule has 0 radical (unpaired) electrons. The molecule has 0 saturated carbocycles. The van der Waals surface area contributed by atoms with Crippen LogP contribution >= 0.6 is 15.9 Å². The largest absolute Gasteiger partial charge is 0.376 e.